The van der Waals surface area contributed by atoms with E-state index in [0.29, 0.717) is 22.7 Å². The fourth-order valence-corrected chi connectivity index (χ4v) is 7.65. The Labute approximate surface area is 162 Å². The first-order chi connectivity index (χ1) is 12.2. The minimum Gasteiger partial charge on any atom is -0.393 e. The molecule has 0 aromatic heterocycles. The summed E-state index contributed by atoms with van der Waals surface area (Å²) in [6.07, 6.45) is 13.5. The quantitative estimate of drug-likeness (QED) is 0.637. The third kappa shape index (κ3) is 3.39. The van der Waals surface area contributed by atoms with Crippen molar-refractivity contribution in [1.82, 2.24) is 0 Å². The van der Waals surface area contributed by atoms with Crippen molar-refractivity contribution in [2.75, 3.05) is 0 Å². The second-order valence-electron chi connectivity index (χ2n) is 11.2. The number of hydrogen-bond acceptors (Lipinski definition) is 2. The number of hydrogen-bond donors (Lipinski definition) is 2. The van der Waals surface area contributed by atoms with Gasteiger partial charge in [0.1, 0.15) is 0 Å². The molecule has 0 aromatic rings. The number of aliphatic hydroxyl groups is 1. The van der Waals surface area contributed by atoms with Gasteiger partial charge in [-0.3, -0.25) is 0 Å². The average molecular weight is 364 g/mol. The fourth-order valence-electron chi connectivity index (χ4n) is 7.65. The Bertz CT molecular complexity index is 481. The predicted molar refractivity (Wildman–Crippen MR) is 111 cm³/mol. The van der Waals surface area contributed by atoms with Crippen LogP contribution >= 0.6 is 0 Å². The van der Waals surface area contributed by atoms with E-state index in [2.05, 4.69) is 34.6 Å². The van der Waals surface area contributed by atoms with Gasteiger partial charge in [-0.1, -0.05) is 41.0 Å². The largest absolute Gasteiger partial charge is 0.393 e. The second kappa shape index (κ2) is 7.39. The molecular weight excluding hydrogens is 318 g/mol. The molecule has 3 aliphatic carbocycles. The molecule has 3 rings (SSSR count). The monoisotopic (exact) mass is 363 g/mol. The van der Waals surface area contributed by atoms with Gasteiger partial charge in [0.25, 0.3) is 0 Å². The lowest BCUT2D eigenvalue weighted by Crippen LogP contribution is -2.64. The minimum absolute atomic E-state index is 0.00335. The van der Waals surface area contributed by atoms with Gasteiger partial charge < -0.3 is 10.8 Å². The summed E-state index contributed by atoms with van der Waals surface area (Å²) in [4.78, 5) is 0. The van der Waals surface area contributed by atoms with Crippen molar-refractivity contribution in [1.29, 1.82) is 0 Å². The Kier molecular flexibility index (Phi) is 5.87. The van der Waals surface area contributed by atoms with E-state index in [1.807, 2.05) is 0 Å². The molecule has 0 spiro atoms. The summed E-state index contributed by atoms with van der Waals surface area (Å²) < 4.78 is 0. The van der Waals surface area contributed by atoms with E-state index in [1.165, 1.54) is 38.5 Å². The number of fused-ring (bicyclic) bond motifs is 1. The summed E-state index contributed by atoms with van der Waals surface area (Å²) in [5.74, 6) is 3.02. The van der Waals surface area contributed by atoms with E-state index in [0.717, 1.165) is 43.9 Å². The molecule has 5 unspecified atom stereocenters. The Hall–Kier alpha value is -0.0800. The summed E-state index contributed by atoms with van der Waals surface area (Å²) in [7, 11) is 0. The molecule has 3 N–H and O–H groups in total. The maximum absolute atomic E-state index is 10.0. The van der Waals surface area contributed by atoms with Crippen molar-refractivity contribution >= 4 is 0 Å². The van der Waals surface area contributed by atoms with Crippen LogP contribution in [0.5, 0.6) is 0 Å². The highest BCUT2D eigenvalue weighted by Crippen LogP contribution is 2.65. The molecule has 0 heterocycles. The molecule has 0 aromatic carbocycles. The Morgan fingerprint density at radius 2 is 1.62 bits per heavy atom. The van der Waals surface area contributed by atoms with Crippen molar-refractivity contribution < 1.29 is 5.11 Å². The standard InChI is InChI=1S/C24H45NO/c1-6-24(25)20(22(4)14-11-19(26)12-15-22)13-16-23(5)18(8-7-17(2)3)9-10-21(23)24/h17-21,26H,6-16,25H2,1-5H3. The summed E-state index contributed by atoms with van der Waals surface area (Å²) in [5, 5.41) is 10.0. The van der Waals surface area contributed by atoms with Crippen molar-refractivity contribution in [3.63, 3.8) is 0 Å². The number of nitrogens with two attached hydrogens (primary N) is 1. The Balaban J connectivity index is 1.82. The van der Waals surface area contributed by atoms with Gasteiger partial charge in [-0.25, -0.2) is 0 Å². The molecule has 5 atom stereocenters. The molecule has 0 saturated heterocycles. The zero-order valence-corrected chi connectivity index (χ0v) is 18.2. The topological polar surface area (TPSA) is 46.2 Å². The molecule has 0 aliphatic heterocycles. The van der Waals surface area contributed by atoms with Crippen molar-refractivity contribution in [3.05, 3.63) is 0 Å². The van der Waals surface area contributed by atoms with Crippen LogP contribution < -0.4 is 5.73 Å². The highest BCUT2D eigenvalue weighted by Gasteiger charge is 2.61. The van der Waals surface area contributed by atoms with Crippen LogP contribution in [0.15, 0.2) is 0 Å². The van der Waals surface area contributed by atoms with E-state index in [9.17, 15) is 5.11 Å². The van der Waals surface area contributed by atoms with Crippen LogP contribution in [0.3, 0.4) is 0 Å². The first-order valence-corrected chi connectivity index (χ1v) is 11.6. The average Bonchev–Trinajstić information content (AvgIpc) is 2.93. The van der Waals surface area contributed by atoms with E-state index >= 15 is 0 Å². The smallest absolute Gasteiger partial charge is 0.0540 e. The lowest BCUT2D eigenvalue weighted by molar-refractivity contribution is -0.0821. The molecule has 3 aliphatic rings. The van der Waals surface area contributed by atoms with Crippen LogP contribution in [0.25, 0.3) is 0 Å². The van der Waals surface area contributed by atoms with Crippen LogP contribution in [0.4, 0.5) is 0 Å². The Morgan fingerprint density at radius 1 is 0.962 bits per heavy atom. The van der Waals surface area contributed by atoms with Crippen LogP contribution in [-0.2, 0) is 0 Å². The zero-order valence-electron chi connectivity index (χ0n) is 18.2. The summed E-state index contributed by atoms with van der Waals surface area (Å²) in [6.45, 7) is 12.2. The van der Waals surface area contributed by atoms with Crippen LogP contribution in [-0.4, -0.2) is 16.7 Å². The number of rotatable bonds is 5. The maximum Gasteiger partial charge on any atom is 0.0540 e. The SMILES string of the molecule is CCC1(N)C(C2(C)CCC(O)CC2)CCC2(C)C(CCC(C)C)CCC21. The van der Waals surface area contributed by atoms with E-state index in [-0.39, 0.29) is 11.6 Å². The van der Waals surface area contributed by atoms with Gasteiger partial charge in [-0.15, -0.1) is 0 Å². The van der Waals surface area contributed by atoms with Crippen molar-refractivity contribution in [2.45, 2.75) is 117 Å². The minimum atomic E-state index is -0.0716. The predicted octanol–water partition coefficient (Wildman–Crippen LogP) is 5.91. The highest BCUT2D eigenvalue weighted by molar-refractivity contribution is 5.14. The summed E-state index contributed by atoms with van der Waals surface area (Å²) >= 11 is 0. The van der Waals surface area contributed by atoms with E-state index in [1.54, 1.807) is 0 Å². The second-order valence-corrected chi connectivity index (χ2v) is 11.2. The summed E-state index contributed by atoms with van der Waals surface area (Å²) in [6, 6.07) is 0. The molecule has 3 saturated carbocycles. The lowest BCUT2D eigenvalue weighted by Gasteiger charge is -2.60. The van der Waals surface area contributed by atoms with Gasteiger partial charge in [0, 0.05) is 5.54 Å². The van der Waals surface area contributed by atoms with Crippen LogP contribution in [0.1, 0.15) is 105 Å². The molecular formula is C24H45NO. The first kappa shape index (κ1) is 20.6. The van der Waals surface area contributed by atoms with Gasteiger partial charge in [0.05, 0.1) is 6.10 Å². The van der Waals surface area contributed by atoms with Crippen molar-refractivity contribution in [2.24, 2.45) is 40.2 Å². The van der Waals surface area contributed by atoms with Gasteiger partial charge in [0.2, 0.25) is 0 Å². The molecule has 3 fully saturated rings. The molecule has 0 radical (unpaired) electrons. The molecule has 152 valence electrons. The molecule has 0 bridgehead atoms. The van der Waals surface area contributed by atoms with E-state index < -0.39 is 0 Å². The first-order valence-electron chi connectivity index (χ1n) is 11.6. The fraction of sp³-hybridized carbons (Fsp3) is 1.00. The maximum atomic E-state index is 10.0. The van der Waals surface area contributed by atoms with Gasteiger partial charge in [-0.05, 0) is 98.7 Å². The molecule has 0 amide bonds. The molecule has 26 heavy (non-hydrogen) atoms. The molecule has 2 nitrogen and oxygen atoms in total. The molecule has 2 heteroatoms. The zero-order chi connectivity index (χ0) is 19.2. The van der Waals surface area contributed by atoms with E-state index in [4.69, 9.17) is 5.73 Å². The van der Waals surface area contributed by atoms with Crippen LogP contribution in [0.2, 0.25) is 0 Å². The van der Waals surface area contributed by atoms with Gasteiger partial charge in [0.15, 0.2) is 0 Å². The summed E-state index contributed by atoms with van der Waals surface area (Å²) in [5.41, 5.74) is 8.17. The van der Waals surface area contributed by atoms with Gasteiger partial charge in [-0.2, -0.15) is 0 Å². The highest BCUT2D eigenvalue weighted by atomic mass is 16.3. The third-order valence-corrected chi connectivity index (χ3v) is 9.45. The Morgan fingerprint density at radius 3 is 2.19 bits per heavy atom. The third-order valence-electron chi connectivity index (χ3n) is 9.45. The van der Waals surface area contributed by atoms with Crippen molar-refractivity contribution in [3.8, 4) is 0 Å². The van der Waals surface area contributed by atoms with Crippen LogP contribution in [0, 0.1) is 34.5 Å². The van der Waals surface area contributed by atoms with Gasteiger partial charge >= 0.3 is 0 Å². The number of aliphatic hydroxyl groups excluding tert-OH is 1. The lowest BCUT2D eigenvalue weighted by atomic mass is 9.47. The normalized spacial score (nSPS) is 49.4.